The minimum Gasteiger partial charge on any atom is -0.478 e. The fourth-order valence-electron chi connectivity index (χ4n) is 2.05. The van der Waals surface area contributed by atoms with Crippen LogP contribution in [0.15, 0.2) is 41.8 Å². The molecule has 0 radical (unpaired) electrons. The largest absolute Gasteiger partial charge is 0.478 e. The highest BCUT2D eigenvalue weighted by atomic mass is 32.1. The standard InChI is InChI=1S/C15H12N2O2S/c1-9-12(15(18)19)3-5-14(16-9)17-11-2-4-13-10(8-11)6-7-20-13/h2-8H,1H3,(H,16,17)(H,18,19). The molecule has 100 valence electrons. The summed E-state index contributed by atoms with van der Waals surface area (Å²) >= 11 is 1.70. The molecule has 0 fully saturated rings. The van der Waals surface area contributed by atoms with Crippen molar-refractivity contribution in [2.24, 2.45) is 0 Å². The minimum atomic E-state index is -0.957. The molecule has 2 aromatic heterocycles. The van der Waals surface area contributed by atoms with Crippen LogP contribution in [0.3, 0.4) is 0 Å². The number of thiophene rings is 1. The average molecular weight is 284 g/mol. The van der Waals surface area contributed by atoms with Crippen molar-refractivity contribution in [2.45, 2.75) is 6.92 Å². The number of anilines is 2. The van der Waals surface area contributed by atoms with Gasteiger partial charge in [-0.05, 0) is 54.1 Å². The first-order valence-corrected chi connectivity index (χ1v) is 6.97. The SMILES string of the molecule is Cc1nc(Nc2ccc3sccc3c2)ccc1C(=O)O. The van der Waals surface area contributed by atoms with Crippen LogP contribution in [0.2, 0.25) is 0 Å². The maximum Gasteiger partial charge on any atom is 0.337 e. The Kier molecular flexibility index (Phi) is 3.12. The van der Waals surface area contributed by atoms with Crippen LogP contribution in [0.1, 0.15) is 16.1 Å². The van der Waals surface area contributed by atoms with E-state index in [0.29, 0.717) is 11.5 Å². The van der Waals surface area contributed by atoms with Crippen LogP contribution < -0.4 is 5.32 Å². The van der Waals surface area contributed by atoms with Crippen molar-refractivity contribution in [1.82, 2.24) is 4.98 Å². The van der Waals surface area contributed by atoms with Gasteiger partial charge in [0.15, 0.2) is 0 Å². The molecule has 0 bridgehead atoms. The van der Waals surface area contributed by atoms with Gasteiger partial charge in [0.1, 0.15) is 5.82 Å². The molecular weight excluding hydrogens is 272 g/mol. The highest BCUT2D eigenvalue weighted by molar-refractivity contribution is 7.17. The number of carboxylic acid groups (broad SMARTS) is 1. The third-order valence-electron chi connectivity index (χ3n) is 3.04. The summed E-state index contributed by atoms with van der Waals surface area (Å²) in [6.45, 7) is 1.69. The van der Waals surface area contributed by atoms with Crippen molar-refractivity contribution < 1.29 is 9.90 Å². The zero-order chi connectivity index (χ0) is 14.1. The highest BCUT2D eigenvalue weighted by Crippen LogP contribution is 2.25. The first-order chi connectivity index (χ1) is 9.63. The topological polar surface area (TPSA) is 62.2 Å². The van der Waals surface area contributed by atoms with Gasteiger partial charge >= 0.3 is 5.97 Å². The van der Waals surface area contributed by atoms with Gasteiger partial charge in [-0.2, -0.15) is 0 Å². The number of hydrogen-bond donors (Lipinski definition) is 2. The first kappa shape index (κ1) is 12.6. The van der Waals surface area contributed by atoms with E-state index in [0.717, 1.165) is 5.69 Å². The van der Waals surface area contributed by atoms with Gasteiger partial charge in [0, 0.05) is 10.4 Å². The summed E-state index contributed by atoms with van der Waals surface area (Å²) in [6.07, 6.45) is 0. The molecule has 3 aromatic rings. The fraction of sp³-hybridized carbons (Fsp3) is 0.0667. The van der Waals surface area contributed by atoms with E-state index in [1.807, 2.05) is 12.1 Å². The van der Waals surface area contributed by atoms with Gasteiger partial charge in [0.2, 0.25) is 0 Å². The van der Waals surface area contributed by atoms with Gasteiger partial charge in [-0.15, -0.1) is 11.3 Å². The summed E-state index contributed by atoms with van der Waals surface area (Å²) in [5.74, 6) is -0.316. The second-order valence-corrected chi connectivity index (χ2v) is 5.38. The molecule has 4 nitrogen and oxygen atoms in total. The quantitative estimate of drug-likeness (QED) is 0.761. The van der Waals surface area contributed by atoms with Crippen molar-refractivity contribution in [3.8, 4) is 0 Å². The third kappa shape index (κ3) is 2.35. The molecule has 0 saturated carbocycles. The predicted octanol–water partition coefficient (Wildman–Crippen LogP) is 4.05. The van der Waals surface area contributed by atoms with E-state index in [-0.39, 0.29) is 5.56 Å². The second-order valence-electron chi connectivity index (χ2n) is 4.43. The van der Waals surface area contributed by atoms with E-state index in [2.05, 4.69) is 27.8 Å². The summed E-state index contributed by atoms with van der Waals surface area (Å²) in [7, 11) is 0. The number of carboxylic acids is 1. The lowest BCUT2D eigenvalue weighted by Gasteiger charge is -2.08. The van der Waals surface area contributed by atoms with Crippen LogP contribution in [0.5, 0.6) is 0 Å². The number of nitrogens with one attached hydrogen (secondary N) is 1. The zero-order valence-electron chi connectivity index (χ0n) is 10.8. The van der Waals surface area contributed by atoms with E-state index >= 15 is 0 Å². The van der Waals surface area contributed by atoms with E-state index in [1.165, 1.54) is 10.1 Å². The molecule has 20 heavy (non-hydrogen) atoms. The molecule has 0 aliphatic carbocycles. The van der Waals surface area contributed by atoms with Crippen LogP contribution in [-0.4, -0.2) is 16.1 Å². The second kappa shape index (κ2) is 4.94. The van der Waals surface area contributed by atoms with Crippen molar-refractivity contribution in [2.75, 3.05) is 5.32 Å². The van der Waals surface area contributed by atoms with Crippen LogP contribution in [0, 0.1) is 6.92 Å². The summed E-state index contributed by atoms with van der Waals surface area (Å²) in [6, 6.07) is 11.4. The van der Waals surface area contributed by atoms with E-state index < -0.39 is 5.97 Å². The number of benzene rings is 1. The lowest BCUT2D eigenvalue weighted by atomic mass is 10.2. The zero-order valence-corrected chi connectivity index (χ0v) is 11.6. The lowest BCUT2D eigenvalue weighted by molar-refractivity contribution is 0.0695. The first-order valence-electron chi connectivity index (χ1n) is 6.09. The summed E-state index contributed by atoms with van der Waals surface area (Å²) < 4.78 is 1.24. The van der Waals surface area contributed by atoms with Gasteiger partial charge in [-0.25, -0.2) is 9.78 Å². The van der Waals surface area contributed by atoms with E-state index in [4.69, 9.17) is 5.11 Å². The van der Waals surface area contributed by atoms with Gasteiger partial charge in [0.05, 0.1) is 11.3 Å². The van der Waals surface area contributed by atoms with Crippen LogP contribution in [0.25, 0.3) is 10.1 Å². The third-order valence-corrected chi connectivity index (χ3v) is 3.94. The molecule has 0 saturated heterocycles. The summed E-state index contributed by atoms with van der Waals surface area (Å²) in [5.41, 5.74) is 1.66. The number of aryl methyl sites for hydroxylation is 1. The normalized spacial score (nSPS) is 10.7. The maximum absolute atomic E-state index is 10.9. The monoisotopic (exact) mass is 284 g/mol. The van der Waals surface area contributed by atoms with Crippen molar-refractivity contribution in [3.05, 3.63) is 53.0 Å². The molecule has 5 heteroatoms. The molecule has 0 aliphatic heterocycles. The molecule has 0 aliphatic rings. The van der Waals surface area contributed by atoms with Crippen molar-refractivity contribution in [1.29, 1.82) is 0 Å². The van der Waals surface area contributed by atoms with E-state index in [9.17, 15) is 4.79 Å². The van der Waals surface area contributed by atoms with Crippen LogP contribution in [0.4, 0.5) is 11.5 Å². The molecule has 3 rings (SSSR count). The van der Waals surface area contributed by atoms with Gasteiger partial charge in [-0.3, -0.25) is 0 Å². The number of rotatable bonds is 3. The predicted molar refractivity (Wildman–Crippen MR) is 81.0 cm³/mol. The van der Waals surface area contributed by atoms with Gasteiger partial charge in [-0.1, -0.05) is 0 Å². The number of hydrogen-bond acceptors (Lipinski definition) is 4. The Labute approximate surface area is 119 Å². The summed E-state index contributed by atoms with van der Waals surface area (Å²) in [5, 5.41) is 15.4. The Hall–Kier alpha value is -2.40. The number of fused-ring (bicyclic) bond motifs is 1. The number of aromatic nitrogens is 1. The highest BCUT2D eigenvalue weighted by Gasteiger charge is 2.08. The summed E-state index contributed by atoms with van der Waals surface area (Å²) in [4.78, 5) is 15.2. The Morgan fingerprint density at radius 1 is 1.25 bits per heavy atom. The Balaban J connectivity index is 1.90. The molecule has 2 N–H and O–H groups in total. The molecular formula is C15H12N2O2S. The number of carbonyl (C=O) groups is 1. The molecule has 0 unspecified atom stereocenters. The van der Waals surface area contributed by atoms with Crippen LogP contribution >= 0.6 is 11.3 Å². The Bertz CT molecular complexity index is 795. The Morgan fingerprint density at radius 2 is 2.10 bits per heavy atom. The van der Waals surface area contributed by atoms with Crippen LogP contribution in [-0.2, 0) is 0 Å². The molecule has 1 aromatic carbocycles. The Morgan fingerprint density at radius 3 is 2.85 bits per heavy atom. The number of pyridine rings is 1. The number of nitrogens with zero attached hydrogens (tertiary/aromatic N) is 1. The lowest BCUT2D eigenvalue weighted by Crippen LogP contribution is -2.03. The smallest absolute Gasteiger partial charge is 0.337 e. The minimum absolute atomic E-state index is 0.226. The molecule has 2 heterocycles. The van der Waals surface area contributed by atoms with Gasteiger partial charge < -0.3 is 10.4 Å². The number of aromatic carboxylic acids is 1. The molecule has 0 amide bonds. The fourth-order valence-corrected chi connectivity index (χ4v) is 2.82. The van der Waals surface area contributed by atoms with Crippen molar-refractivity contribution >= 4 is 38.9 Å². The molecule has 0 atom stereocenters. The van der Waals surface area contributed by atoms with E-state index in [1.54, 1.807) is 30.4 Å². The molecule has 0 spiro atoms. The van der Waals surface area contributed by atoms with Gasteiger partial charge in [0.25, 0.3) is 0 Å². The maximum atomic E-state index is 10.9. The van der Waals surface area contributed by atoms with Crippen molar-refractivity contribution in [3.63, 3.8) is 0 Å². The average Bonchev–Trinajstić information content (AvgIpc) is 2.85.